The fourth-order valence-corrected chi connectivity index (χ4v) is 5.68. The number of fused-ring (bicyclic) bond motifs is 5. The lowest BCUT2D eigenvalue weighted by Gasteiger charge is -2.14. The van der Waals surface area contributed by atoms with Crippen molar-refractivity contribution in [3.05, 3.63) is 27.7 Å². The summed E-state index contributed by atoms with van der Waals surface area (Å²) in [6, 6.07) is 4.14. The van der Waals surface area contributed by atoms with Crippen molar-refractivity contribution in [2.24, 2.45) is 29.6 Å². The third-order valence-electron chi connectivity index (χ3n) is 5.78. The van der Waals surface area contributed by atoms with Crippen molar-refractivity contribution in [3.8, 4) is 0 Å². The molecule has 0 saturated heterocycles. The zero-order valence-corrected chi connectivity index (χ0v) is 13.5. The summed E-state index contributed by atoms with van der Waals surface area (Å²) in [6.07, 6.45) is 4.13. The van der Waals surface area contributed by atoms with Crippen LogP contribution in [0.15, 0.2) is 16.6 Å². The van der Waals surface area contributed by atoms with Crippen molar-refractivity contribution < 1.29 is 4.79 Å². The van der Waals surface area contributed by atoms with Crippen LogP contribution in [0.5, 0.6) is 0 Å². The molecule has 0 spiro atoms. The second-order valence-corrected chi connectivity index (χ2v) is 7.83. The average Bonchev–Trinajstić information content (AvgIpc) is 2.82. The molecule has 4 atom stereocenters. The molecule has 3 fully saturated rings. The Bertz CT molecular complexity index is 558. The molecule has 106 valence electrons. The number of carbonyl (C=O) groups excluding carboxylic acids is 1. The summed E-state index contributed by atoms with van der Waals surface area (Å²) in [4.78, 5) is 12.6. The highest BCUT2D eigenvalue weighted by atomic mass is 79.9. The first kappa shape index (κ1) is 12.9. The van der Waals surface area contributed by atoms with E-state index in [2.05, 4.69) is 47.2 Å². The van der Waals surface area contributed by atoms with Crippen molar-refractivity contribution in [1.29, 1.82) is 0 Å². The van der Waals surface area contributed by atoms with E-state index in [4.69, 9.17) is 0 Å². The van der Waals surface area contributed by atoms with Crippen LogP contribution in [0.1, 0.15) is 30.4 Å². The molecule has 2 nitrogen and oxygen atoms in total. The van der Waals surface area contributed by atoms with Gasteiger partial charge in [0.15, 0.2) is 0 Å². The molecule has 0 aromatic heterocycles. The van der Waals surface area contributed by atoms with Gasteiger partial charge in [0.25, 0.3) is 0 Å². The number of hydrogen-bond acceptors (Lipinski definition) is 1. The number of rotatable bonds is 2. The average molecular weight is 334 g/mol. The van der Waals surface area contributed by atoms with E-state index in [1.54, 1.807) is 0 Å². The van der Waals surface area contributed by atoms with Gasteiger partial charge in [0.2, 0.25) is 5.91 Å². The highest BCUT2D eigenvalue weighted by molar-refractivity contribution is 9.10. The number of halogens is 1. The standard InChI is InChI=1S/C17H20BrNO/c1-8-5-12(18)6-9(2)16(8)19-17(20)15-13-10-3-4-11(7-10)14(13)15/h5-6,10-11,13-15H,3-4,7H2,1-2H3,(H,19,20). The summed E-state index contributed by atoms with van der Waals surface area (Å²) in [6.45, 7) is 4.12. The highest BCUT2D eigenvalue weighted by Crippen LogP contribution is 2.69. The minimum absolute atomic E-state index is 0.269. The van der Waals surface area contributed by atoms with Gasteiger partial charge in [0.05, 0.1) is 0 Å². The molecule has 3 aliphatic rings. The molecule has 20 heavy (non-hydrogen) atoms. The molecule has 1 N–H and O–H groups in total. The van der Waals surface area contributed by atoms with Crippen molar-refractivity contribution >= 4 is 27.5 Å². The largest absolute Gasteiger partial charge is 0.325 e. The van der Waals surface area contributed by atoms with Gasteiger partial charge in [-0.25, -0.2) is 0 Å². The van der Waals surface area contributed by atoms with Crippen molar-refractivity contribution in [2.75, 3.05) is 5.32 Å². The lowest BCUT2D eigenvalue weighted by Crippen LogP contribution is -2.19. The van der Waals surface area contributed by atoms with Crippen LogP contribution in [-0.2, 0) is 4.79 Å². The zero-order valence-electron chi connectivity index (χ0n) is 11.9. The summed E-state index contributed by atoms with van der Waals surface area (Å²) in [5.41, 5.74) is 3.29. The van der Waals surface area contributed by atoms with Gasteiger partial charge in [-0.2, -0.15) is 0 Å². The molecule has 1 amide bonds. The molecule has 0 aliphatic heterocycles. The Morgan fingerprint density at radius 1 is 1.15 bits per heavy atom. The Morgan fingerprint density at radius 2 is 1.70 bits per heavy atom. The molecule has 3 saturated carbocycles. The predicted molar refractivity (Wildman–Crippen MR) is 83.5 cm³/mol. The van der Waals surface area contributed by atoms with Crippen LogP contribution in [0.3, 0.4) is 0 Å². The van der Waals surface area contributed by atoms with Crippen LogP contribution in [0.4, 0.5) is 5.69 Å². The second-order valence-electron chi connectivity index (χ2n) is 6.92. The Labute approximate surface area is 128 Å². The lowest BCUT2D eigenvalue weighted by atomic mass is 10.0. The van der Waals surface area contributed by atoms with Crippen LogP contribution in [0, 0.1) is 43.4 Å². The van der Waals surface area contributed by atoms with E-state index in [-0.39, 0.29) is 5.91 Å². The van der Waals surface area contributed by atoms with Gasteiger partial charge < -0.3 is 5.32 Å². The molecule has 0 radical (unpaired) electrons. The quantitative estimate of drug-likeness (QED) is 0.859. The van der Waals surface area contributed by atoms with Gasteiger partial charge in [-0.15, -0.1) is 0 Å². The number of benzene rings is 1. The predicted octanol–water partition coefficient (Wildman–Crippen LogP) is 4.30. The van der Waals surface area contributed by atoms with E-state index in [0.717, 1.165) is 33.1 Å². The third-order valence-corrected chi connectivity index (χ3v) is 6.24. The Kier molecular flexibility index (Phi) is 2.79. The highest BCUT2D eigenvalue weighted by Gasteiger charge is 2.67. The fraction of sp³-hybridized carbons (Fsp3) is 0.588. The monoisotopic (exact) mass is 333 g/mol. The molecule has 3 aliphatic carbocycles. The topological polar surface area (TPSA) is 29.1 Å². The van der Waals surface area contributed by atoms with Gasteiger partial charge in [0, 0.05) is 16.1 Å². The number of aryl methyl sites for hydroxylation is 2. The smallest absolute Gasteiger partial charge is 0.228 e. The van der Waals surface area contributed by atoms with Crippen LogP contribution < -0.4 is 5.32 Å². The van der Waals surface area contributed by atoms with Crippen LogP contribution in [-0.4, -0.2) is 5.91 Å². The number of carbonyl (C=O) groups is 1. The molecule has 2 bridgehead atoms. The van der Waals surface area contributed by atoms with Gasteiger partial charge in [0.1, 0.15) is 0 Å². The molecule has 1 aromatic rings. The summed E-state index contributed by atoms with van der Waals surface area (Å²) in [5, 5.41) is 3.21. The fourth-order valence-electron chi connectivity index (χ4n) is 4.99. The first-order valence-electron chi connectivity index (χ1n) is 7.64. The van der Waals surface area contributed by atoms with Crippen molar-refractivity contribution in [3.63, 3.8) is 0 Å². The van der Waals surface area contributed by atoms with Gasteiger partial charge in [-0.05, 0) is 80.0 Å². The second kappa shape index (κ2) is 4.33. The molecule has 1 aromatic carbocycles. The number of anilines is 1. The molecule has 3 heteroatoms. The maximum Gasteiger partial charge on any atom is 0.228 e. The molecule has 0 heterocycles. The summed E-state index contributed by atoms with van der Waals surface area (Å²) in [7, 11) is 0. The SMILES string of the molecule is Cc1cc(Br)cc(C)c1NC(=O)C1C2C3CCC(C3)C12. The summed E-state index contributed by atoms with van der Waals surface area (Å²) in [5.74, 6) is 3.71. The lowest BCUT2D eigenvalue weighted by molar-refractivity contribution is -0.118. The van der Waals surface area contributed by atoms with Crippen LogP contribution in [0.25, 0.3) is 0 Å². The molecular formula is C17H20BrNO. The number of hydrogen-bond donors (Lipinski definition) is 1. The number of nitrogens with one attached hydrogen (secondary N) is 1. The summed E-state index contributed by atoms with van der Waals surface area (Å²) >= 11 is 3.51. The van der Waals surface area contributed by atoms with Gasteiger partial charge in [-0.1, -0.05) is 15.9 Å². The maximum absolute atomic E-state index is 12.6. The Hall–Kier alpha value is -0.830. The minimum atomic E-state index is 0.269. The van der Waals surface area contributed by atoms with Crippen LogP contribution >= 0.6 is 15.9 Å². The minimum Gasteiger partial charge on any atom is -0.325 e. The van der Waals surface area contributed by atoms with E-state index < -0.39 is 0 Å². The van der Waals surface area contributed by atoms with Gasteiger partial charge >= 0.3 is 0 Å². The Balaban J connectivity index is 1.52. The van der Waals surface area contributed by atoms with E-state index in [0.29, 0.717) is 17.8 Å². The van der Waals surface area contributed by atoms with E-state index in [1.807, 2.05) is 0 Å². The van der Waals surface area contributed by atoms with Gasteiger partial charge in [-0.3, -0.25) is 4.79 Å². The zero-order chi connectivity index (χ0) is 14.0. The Morgan fingerprint density at radius 3 is 2.25 bits per heavy atom. The van der Waals surface area contributed by atoms with E-state index >= 15 is 0 Å². The van der Waals surface area contributed by atoms with Crippen LogP contribution in [0.2, 0.25) is 0 Å². The maximum atomic E-state index is 12.6. The molecule has 4 unspecified atom stereocenters. The van der Waals surface area contributed by atoms with Crippen molar-refractivity contribution in [2.45, 2.75) is 33.1 Å². The number of amides is 1. The first-order chi connectivity index (χ1) is 9.56. The summed E-state index contributed by atoms with van der Waals surface area (Å²) < 4.78 is 1.08. The molecular weight excluding hydrogens is 314 g/mol. The van der Waals surface area contributed by atoms with E-state index in [9.17, 15) is 4.79 Å². The first-order valence-corrected chi connectivity index (χ1v) is 8.43. The van der Waals surface area contributed by atoms with Crippen molar-refractivity contribution in [1.82, 2.24) is 0 Å². The normalized spacial score (nSPS) is 36.9. The van der Waals surface area contributed by atoms with E-state index in [1.165, 1.54) is 19.3 Å². The molecule has 4 rings (SSSR count). The third kappa shape index (κ3) is 1.78.